The summed E-state index contributed by atoms with van der Waals surface area (Å²) in [5.41, 5.74) is 4.64. The second-order valence-corrected chi connectivity index (χ2v) is 8.28. The van der Waals surface area contributed by atoms with Crippen LogP contribution in [0.4, 0.5) is 0 Å². The molecule has 2 atom stereocenters. The number of hydrogen-bond donors (Lipinski definition) is 2. The van der Waals surface area contributed by atoms with Gasteiger partial charge in [0, 0.05) is 11.8 Å². The minimum atomic E-state index is -1.05. The van der Waals surface area contributed by atoms with Gasteiger partial charge in [-0.1, -0.05) is 26.2 Å². The van der Waals surface area contributed by atoms with Gasteiger partial charge in [0.2, 0.25) is 6.29 Å². The highest BCUT2D eigenvalue weighted by molar-refractivity contribution is 5.79. The Morgan fingerprint density at radius 3 is 2.15 bits per heavy atom. The average molecular weight is 371 g/mol. The van der Waals surface area contributed by atoms with Crippen LogP contribution in [0.2, 0.25) is 0 Å². The molecule has 0 aromatic heterocycles. The third kappa shape index (κ3) is 6.27. The number of carbonyl (C=O) groups excluding carboxylic acids is 2. The normalized spacial score (nSPS) is 19.3. The first-order chi connectivity index (χ1) is 12.0. The summed E-state index contributed by atoms with van der Waals surface area (Å²) in [7, 11) is 0. The van der Waals surface area contributed by atoms with Gasteiger partial charge < -0.3 is 20.3 Å². The monoisotopic (exact) mass is 371 g/mol. The van der Waals surface area contributed by atoms with Gasteiger partial charge in [-0.2, -0.15) is 0 Å². The Morgan fingerprint density at radius 1 is 1.12 bits per heavy atom. The lowest BCUT2D eigenvalue weighted by molar-refractivity contribution is -0.197. The summed E-state index contributed by atoms with van der Waals surface area (Å²) in [4.78, 5) is 36.0. The zero-order chi connectivity index (χ0) is 20.0. The van der Waals surface area contributed by atoms with Crippen LogP contribution in [0.3, 0.4) is 0 Å². The van der Waals surface area contributed by atoms with Gasteiger partial charge in [0.05, 0.1) is 11.8 Å². The zero-order valence-electron chi connectivity index (χ0n) is 16.4. The van der Waals surface area contributed by atoms with Crippen molar-refractivity contribution in [3.63, 3.8) is 0 Å². The molecule has 0 spiro atoms. The first kappa shape index (κ1) is 22.4. The Hall–Kier alpha value is -1.63. The molecular weight excluding hydrogens is 338 g/mol. The minimum absolute atomic E-state index is 0.163. The predicted molar refractivity (Wildman–Crippen MR) is 96.1 cm³/mol. The van der Waals surface area contributed by atoms with Gasteiger partial charge in [-0.3, -0.25) is 14.4 Å². The van der Waals surface area contributed by atoms with Gasteiger partial charge in [-0.05, 0) is 40.0 Å². The number of rotatable bonds is 8. The highest BCUT2D eigenvalue weighted by Gasteiger charge is 2.45. The highest BCUT2D eigenvalue weighted by Crippen LogP contribution is 2.42. The maximum atomic E-state index is 12.6. The van der Waals surface area contributed by atoms with E-state index < -0.39 is 41.1 Å². The molecule has 1 rings (SSSR count). The Kier molecular flexibility index (Phi) is 8.06. The lowest BCUT2D eigenvalue weighted by Gasteiger charge is -2.40. The van der Waals surface area contributed by atoms with E-state index in [1.807, 2.05) is 6.92 Å². The molecule has 1 saturated carbocycles. The van der Waals surface area contributed by atoms with E-state index in [2.05, 4.69) is 0 Å². The second kappa shape index (κ2) is 9.35. The summed E-state index contributed by atoms with van der Waals surface area (Å²) >= 11 is 0. The first-order valence-corrected chi connectivity index (χ1v) is 9.41. The third-order valence-electron chi connectivity index (χ3n) is 4.89. The lowest BCUT2D eigenvalue weighted by atomic mass is 9.67. The van der Waals surface area contributed by atoms with Crippen LogP contribution in [0.5, 0.6) is 0 Å². The average Bonchev–Trinajstić information content (AvgIpc) is 2.53. The number of hydrogen-bond acceptors (Lipinski definition) is 6. The number of aliphatic carboxylic acids is 1. The molecule has 26 heavy (non-hydrogen) atoms. The largest absolute Gasteiger partial charge is 0.481 e. The fraction of sp³-hybridized carbons (Fsp3) is 0.842. The molecule has 3 N–H and O–H groups in total. The minimum Gasteiger partial charge on any atom is -0.481 e. The lowest BCUT2D eigenvalue weighted by Crippen LogP contribution is -2.51. The molecule has 0 aromatic rings. The molecule has 0 aromatic carbocycles. The van der Waals surface area contributed by atoms with Crippen LogP contribution in [0.25, 0.3) is 0 Å². The van der Waals surface area contributed by atoms with Gasteiger partial charge in [0.1, 0.15) is 6.04 Å². The zero-order valence-corrected chi connectivity index (χ0v) is 16.4. The van der Waals surface area contributed by atoms with E-state index >= 15 is 0 Å². The fourth-order valence-corrected chi connectivity index (χ4v) is 3.28. The summed E-state index contributed by atoms with van der Waals surface area (Å²) in [6.45, 7) is 7.04. The van der Waals surface area contributed by atoms with Gasteiger partial charge in [-0.15, -0.1) is 0 Å². The maximum absolute atomic E-state index is 12.6. The Bertz CT molecular complexity index is 505. The van der Waals surface area contributed by atoms with E-state index in [0.717, 1.165) is 19.3 Å². The van der Waals surface area contributed by atoms with E-state index in [4.69, 9.17) is 15.2 Å². The SMILES string of the molecule is CCCC(OC(=O)C(N)C1(CC(=O)O)CCCCC1)OC(=O)C(C)(C)C. The van der Waals surface area contributed by atoms with Crippen LogP contribution in [-0.4, -0.2) is 35.3 Å². The van der Waals surface area contributed by atoms with Crippen molar-refractivity contribution in [2.45, 2.75) is 91.4 Å². The van der Waals surface area contributed by atoms with Crippen molar-refractivity contribution in [2.24, 2.45) is 16.6 Å². The number of ether oxygens (including phenoxy) is 2. The van der Waals surface area contributed by atoms with Crippen molar-refractivity contribution in [3.05, 3.63) is 0 Å². The molecule has 1 fully saturated rings. The molecule has 2 unspecified atom stereocenters. The number of carbonyl (C=O) groups is 3. The molecule has 0 radical (unpaired) electrons. The van der Waals surface area contributed by atoms with Crippen LogP contribution in [0, 0.1) is 10.8 Å². The van der Waals surface area contributed by atoms with E-state index in [1.165, 1.54) is 0 Å². The van der Waals surface area contributed by atoms with Crippen LogP contribution >= 0.6 is 0 Å². The van der Waals surface area contributed by atoms with E-state index in [0.29, 0.717) is 25.7 Å². The van der Waals surface area contributed by atoms with Gasteiger partial charge in [0.15, 0.2) is 0 Å². The van der Waals surface area contributed by atoms with E-state index in [1.54, 1.807) is 20.8 Å². The number of nitrogens with two attached hydrogens (primary N) is 1. The summed E-state index contributed by atoms with van der Waals surface area (Å²) in [5, 5.41) is 9.26. The quantitative estimate of drug-likeness (QED) is 0.497. The first-order valence-electron chi connectivity index (χ1n) is 9.41. The van der Waals surface area contributed by atoms with Crippen molar-refractivity contribution in [1.29, 1.82) is 0 Å². The molecule has 0 bridgehead atoms. The molecule has 150 valence electrons. The molecule has 1 aliphatic rings. The topological polar surface area (TPSA) is 116 Å². The number of carboxylic acids is 1. The van der Waals surface area contributed by atoms with Crippen molar-refractivity contribution < 1.29 is 29.0 Å². The highest BCUT2D eigenvalue weighted by atomic mass is 16.7. The fourth-order valence-electron chi connectivity index (χ4n) is 3.28. The Balaban J connectivity index is 2.85. The Morgan fingerprint density at radius 2 is 1.69 bits per heavy atom. The smallest absolute Gasteiger partial charge is 0.326 e. The van der Waals surface area contributed by atoms with Crippen molar-refractivity contribution in [2.75, 3.05) is 0 Å². The standard InChI is InChI=1S/C19H33NO6/c1-5-9-14(26-17(24)18(2,3)4)25-16(23)15(20)19(12-13(21)22)10-7-6-8-11-19/h14-15H,5-12,20H2,1-4H3,(H,21,22). The maximum Gasteiger partial charge on any atom is 0.326 e. The van der Waals surface area contributed by atoms with Crippen LogP contribution in [0.15, 0.2) is 0 Å². The van der Waals surface area contributed by atoms with Crippen molar-refractivity contribution in [1.82, 2.24) is 0 Å². The van der Waals surface area contributed by atoms with Crippen molar-refractivity contribution in [3.8, 4) is 0 Å². The second-order valence-electron chi connectivity index (χ2n) is 8.28. The molecular formula is C19H33NO6. The van der Waals surface area contributed by atoms with E-state index in [9.17, 15) is 19.5 Å². The summed E-state index contributed by atoms with van der Waals surface area (Å²) in [6.07, 6.45) is 3.70. The Labute approximate surface area is 155 Å². The summed E-state index contributed by atoms with van der Waals surface area (Å²) in [5.74, 6) is -2.14. The molecule has 1 aliphatic carbocycles. The molecule has 0 heterocycles. The van der Waals surface area contributed by atoms with Gasteiger partial charge in [-0.25, -0.2) is 0 Å². The molecule has 7 heteroatoms. The van der Waals surface area contributed by atoms with Crippen LogP contribution < -0.4 is 5.73 Å². The molecule has 0 amide bonds. The van der Waals surface area contributed by atoms with Gasteiger partial charge in [0.25, 0.3) is 0 Å². The van der Waals surface area contributed by atoms with Crippen LogP contribution in [0.1, 0.15) is 79.1 Å². The number of esters is 2. The number of carboxylic acid groups (broad SMARTS) is 1. The van der Waals surface area contributed by atoms with Crippen LogP contribution in [-0.2, 0) is 23.9 Å². The summed E-state index contributed by atoms with van der Waals surface area (Å²) in [6, 6.07) is -1.05. The van der Waals surface area contributed by atoms with Gasteiger partial charge >= 0.3 is 17.9 Å². The van der Waals surface area contributed by atoms with E-state index in [-0.39, 0.29) is 6.42 Å². The molecule has 0 saturated heterocycles. The van der Waals surface area contributed by atoms with Crippen molar-refractivity contribution >= 4 is 17.9 Å². The molecule has 7 nitrogen and oxygen atoms in total. The molecule has 0 aliphatic heterocycles. The summed E-state index contributed by atoms with van der Waals surface area (Å²) < 4.78 is 10.7. The third-order valence-corrected chi connectivity index (χ3v) is 4.89. The predicted octanol–water partition coefficient (Wildman–Crippen LogP) is 3.00.